The van der Waals surface area contributed by atoms with Crippen molar-refractivity contribution in [2.24, 2.45) is 5.92 Å². The van der Waals surface area contributed by atoms with Gasteiger partial charge in [0.1, 0.15) is 0 Å². The van der Waals surface area contributed by atoms with Gasteiger partial charge in [0.05, 0.1) is 18.0 Å². The lowest BCUT2D eigenvalue weighted by atomic mass is 9.77. The predicted molar refractivity (Wildman–Crippen MR) is 121 cm³/mol. The summed E-state index contributed by atoms with van der Waals surface area (Å²) in [6.07, 6.45) is 3.79. The van der Waals surface area contributed by atoms with Crippen LogP contribution in [0.4, 0.5) is 0 Å². The van der Waals surface area contributed by atoms with Crippen molar-refractivity contribution < 1.29 is 9.59 Å². The van der Waals surface area contributed by atoms with Gasteiger partial charge in [-0.25, -0.2) is 4.42 Å². The molecule has 2 aromatic carbocycles. The fourth-order valence-electron chi connectivity index (χ4n) is 5.47. The summed E-state index contributed by atoms with van der Waals surface area (Å²) in [6.45, 7) is 3.65. The fourth-order valence-corrected chi connectivity index (χ4v) is 5.68. The lowest BCUT2D eigenvalue weighted by Gasteiger charge is -2.48. The zero-order valence-electron chi connectivity index (χ0n) is 17.8. The molecule has 1 N–H and O–H groups in total. The van der Waals surface area contributed by atoms with Crippen LogP contribution in [0.1, 0.15) is 65.3 Å². The van der Waals surface area contributed by atoms with Gasteiger partial charge in [0.2, 0.25) is 5.91 Å². The number of carbonyl (C=O) groups is 2. The highest BCUT2D eigenvalue weighted by Gasteiger charge is 2.45. The Morgan fingerprint density at radius 2 is 2.03 bits per heavy atom. The Hall–Kier alpha value is -2.37. The van der Waals surface area contributed by atoms with Gasteiger partial charge in [-0.3, -0.25) is 9.59 Å². The lowest BCUT2D eigenvalue weighted by molar-refractivity contribution is -0.145. The van der Waals surface area contributed by atoms with Crippen molar-refractivity contribution in [2.75, 3.05) is 13.1 Å². The van der Waals surface area contributed by atoms with Crippen molar-refractivity contribution in [2.45, 2.75) is 50.7 Å². The first-order chi connectivity index (χ1) is 15.0. The normalized spacial score (nSPS) is 25.8. The Labute approximate surface area is 188 Å². The molecule has 0 saturated carbocycles. The second kappa shape index (κ2) is 8.29. The minimum absolute atomic E-state index is 0.0996. The average molecular weight is 438 g/mol. The van der Waals surface area contributed by atoms with Gasteiger partial charge in [0.25, 0.3) is 5.91 Å². The number of carbonyl (C=O) groups excluding carboxylic acids is 2. The SMILES string of the molecule is C[C@H](c1ccccc1)N(Cl)C(=O)c1ccc2c(c1)CCN1C(=O)[C@H]3CCCN[C@H]3C[C@H]21. The molecule has 162 valence electrons. The van der Waals surface area contributed by atoms with Crippen molar-refractivity contribution in [1.29, 1.82) is 0 Å². The molecule has 3 aliphatic rings. The van der Waals surface area contributed by atoms with Gasteiger partial charge in [0, 0.05) is 29.9 Å². The van der Waals surface area contributed by atoms with E-state index in [-0.39, 0.29) is 30.0 Å². The van der Waals surface area contributed by atoms with E-state index in [0.29, 0.717) is 11.5 Å². The summed E-state index contributed by atoms with van der Waals surface area (Å²) in [5, 5.41) is 3.56. The van der Waals surface area contributed by atoms with E-state index in [1.54, 1.807) is 0 Å². The van der Waals surface area contributed by atoms with Crippen LogP contribution in [0.25, 0.3) is 0 Å². The van der Waals surface area contributed by atoms with E-state index in [0.717, 1.165) is 49.9 Å². The number of hydrogen-bond donors (Lipinski definition) is 1. The number of nitrogens with one attached hydrogen (secondary N) is 1. The molecule has 3 heterocycles. The van der Waals surface area contributed by atoms with E-state index >= 15 is 0 Å². The van der Waals surface area contributed by atoms with Crippen LogP contribution in [0.5, 0.6) is 0 Å². The monoisotopic (exact) mass is 437 g/mol. The molecule has 4 atom stereocenters. The summed E-state index contributed by atoms with van der Waals surface area (Å²) in [6, 6.07) is 15.8. The Morgan fingerprint density at radius 3 is 2.84 bits per heavy atom. The first kappa shape index (κ1) is 20.5. The van der Waals surface area contributed by atoms with Gasteiger partial charge in [-0.15, -0.1) is 0 Å². The minimum atomic E-state index is -0.229. The van der Waals surface area contributed by atoms with Crippen LogP contribution in [0, 0.1) is 5.92 Å². The van der Waals surface area contributed by atoms with Gasteiger partial charge in [-0.05, 0) is 68.0 Å². The number of hydrogen-bond acceptors (Lipinski definition) is 3. The molecule has 5 nitrogen and oxygen atoms in total. The predicted octanol–water partition coefficient (Wildman–Crippen LogP) is 4.24. The Kier molecular flexibility index (Phi) is 5.49. The summed E-state index contributed by atoms with van der Waals surface area (Å²) in [4.78, 5) is 28.2. The van der Waals surface area contributed by atoms with Crippen LogP contribution in [-0.4, -0.2) is 40.3 Å². The summed E-state index contributed by atoms with van der Waals surface area (Å²) in [5.74, 6) is 0.219. The zero-order chi connectivity index (χ0) is 21.5. The van der Waals surface area contributed by atoms with Crippen LogP contribution in [-0.2, 0) is 11.2 Å². The van der Waals surface area contributed by atoms with E-state index in [2.05, 4.69) is 10.2 Å². The van der Waals surface area contributed by atoms with Crippen LogP contribution in [0.2, 0.25) is 0 Å². The Bertz CT molecular complexity index is 996. The third-order valence-electron chi connectivity index (χ3n) is 7.22. The molecule has 0 aromatic heterocycles. The topological polar surface area (TPSA) is 52.7 Å². The van der Waals surface area contributed by atoms with Crippen molar-refractivity contribution in [3.8, 4) is 0 Å². The maximum Gasteiger partial charge on any atom is 0.268 e. The first-order valence-electron chi connectivity index (χ1n) is 11.3. The number of halogens is 1. The highest BCUT2D eigenvalue weighted by molar-refractivity contribution is 6.24. The minimum Gasteiger partial charge on any atom is -0.335 e. The summed E-state index contributed by atoms with van der Waals surface area (Å²) >= 11 is 6.46. The summed E-state index contributed by atoms with van der Waals surface area (Å²) in [5.41, 5.74) is 3.93. The van der Waals surface area contributed by atoms with E-state index < -0.39 is 0 Å². The quantitative estimate of drug-likeness (QED) is 0.730. The van der Waals surface area contributed by atoms with Crippen LogP contribution in [0.15, 0.2) is 48.5 Å². The highest BCUT2D eigenvalue weighted by Crippen LogP contribution is 2.41. The largest absolute Gasteiger partial charge is 0.335 e. The van der Waals surface area contributed by atoms with Crippen molar-refractivity contribution >= 4 is 23.6 Å². The van der Waals surface area contributed by atoms with E-state index in [4.69, 9.17) is 11.8 Å². The molecule has 2 amide bonds. The molecule has 6 heteroatoms. The molecule has 2 aromatic rings. The zero-order valence-corrected chi connectivity index (χ0v) is 18.5. The number of benzene rings is 2. The van der Waals surface area contributed by atoms with Gasteiger partial charge in [-0.2, -0.15) is 0 Å². The van der Waals surface area contributed by atoms with Crippen LogP contribution in [0.3, 0.4) is 0 Å². The van der Waals surface area contributed by atoms with Crippen molar-refractivity contribution in [3.05, 3.63) is 70.8 Å². The highest BCUT2D eigenvalue weighted by atomic mass is 35.5. The summed E-state index contributed by atoms with van der Waals surface area (Å²) in [7, 11) is 0. The van der Waals surface area contributed by atoms with E-state index in [9.17, 15) is 9.59 Å². The Morgan fingerprint density at radius 1 is 1.23 bits per heavy atom. The van der Waals surface area contributed by atoms with Gasteiger partial charge in [-0.1, -0.05) is 36.4 Å². The van der Waals surface area contributed by atoms with Crippen LogP contribution >= 0.6 is 11.8 Å². The lowest BCUT2D eigenvalue weighted by Crippen LogP contribution is -2.57. The van der Waals surface area contributed by atoms with Gasteiger partial charge < -0.3 is 10.2 Å². The van der Waals surface area contributed by atoms with Crippen molar-refractivity contribution in [3.63, 3.8) is 0 Å². The molecule has 0 unspecified atom stereocenters. The van der Waals surface area contributed by atoms with Crippen molar-refractivity contribution in [1.82, 2.24) is 14.6 Å². The molecule has 0 aliphatic carbocycles. The number of nitrogens with zero attached hydrogens (tertiary/aromatic N) is 2. The molecular formula is C25H28ClN3O2. The number of rotatable bonds is 3. The van der Waals surface area contributed by atoms with Gasteiger partial charge in [0.15, 0.2) is 0 Å². The van der Waals surface area contributed by atoms with Gasteiger partial charge >= 0.3 is 0 Å². The average Bonchev–Trinajstić information content (AvgIpc) is 2.83. The second-order valence-electron chi connectivity index (χ2n) is 8.96. The Balaban J connectivity index is 1.38. The number of amides is 2. The fraction of sp³-hybridized carbons (Fsp3) is 0.440. The third-order valence-corrected chi connectivity index (χ3v) is 7.67. The van der Waals surface area contributed by atoms with Crippen LogP contribution < -0.4 is 5.32 Å². The molecule has 5 rings (SSSR count). The number of piperidine rings is 2. The maximum atomic E-state index is 13.1. The second-order valence-corrected chi connectivity index (χ2v) is 9.32. The smallest absolute Gasteiger partial charge is 0.268 e. The molecule has 3 aliphatic heterocycles. The molecular weight excluding hydrogens is 410 g/mol. The molecule has 2 saturated heterocycles. The molecule has 0 spiro atoms. The molecule has 0 bridgehead atoms. The first-order valence-corrected chi connectivity index (χ1v) is 11.6. The van der Waals surface area contributed by atoms with E-state index in [1.807, 2.05) is 55.5 Å². The van der Waals surface area contributed by atoms with E-state index in [1.165, 1.54) is 9.98 Å². The third kappa shape index (κ3) is 3.64. The molecule has 31 heavy (non-hydrogen) atoms. The molecule has 0 radical (unpaired) electrons. The standard InChI is InChI=1S/C25H28ClN3O2/c1-16(17-6-3-2-4-7-17)29(26)24(30)19-9-10-20-18(14-19)11-13-28-23(20)15-22-21(25(28)31)8-5-12-27-22/h2-4,6-7,9-10,14,16,21-23,27H,5,8,11-13,15H2,1H3/t16-,21+,22+,23-/m1/s1. The maximum absolute atomic E-state index is 13.1. The molecule has 2 fully saturated rings. The number of fused-ring (bicyclic) bond motifs is 4. The summed E-state index contributed by atoms with van der Waals surface area (Å²) < 4.78 is 1.28.